The molecule has 0 aromatic carbocycles. The van der Waals surface area contributed by atoms with E-state index in [1.165, 1.54) is 0 Å². The van der Waals surface area contributed by atoms with Gasteiger partial charge in [-0.1, -0.05) is 25.7 Å². The van der Waals surface area contributed by atoms with Crippen LogP contribution in [0, 0.1) is 5.92 Å². The van der Waals surface area contributed by atoms with E-state index < -0.39 is 96.4 Å². The van der Waals surface area contributed by atoms with Crippen LogP contribution in [0.2, 0.25) is 0 Å². The standard InChI is InChI=1S/C21H23F17O4S2/c22-14(23,16(26,27)18(30,31)20(34,35)36)15(24,25)17(28,29)19(32,33)21(37,38)44(40,41)42-43(9-5-2-6-10-43)11-13(39)12-7-3-1-4-8-12/h12H,1-11H2. The summed E-state index contributed by atoms with van der Waals surface area (Å²) in [6, 6.07) is 0. The minimum absolute atomic E-state index is 0.103. The van der Waals surface area contributed by atoms with Gasteiger partial charge in [-0.25, -0.2) is 3.63 Å². The topological polar surface area (TPSA) is 60.4 Å². The minimum atomic E-state index is -8.91. The lowest BCUT2D eigenvalue weighted by Gasteiger charge is -2.44. The smallest absolute Gasteiger partial charge is 0.298 e. The molecule has 0 spiro atoms. The van der Waals surface area contributed by atoms with Gasteiger partial charge in [-0.05, 0) is 25.7 Å². The fourth-order valence-corrected chi connectivity index (χ4v) is 10.3. The van der Waals surface area contributed by atoms with Gasteiger partial charge in [0.05, 0.1) is 5.75 Å². The fraction of sp³-hybridized carbons (Fsp3) is 0.952. The Morgan fingerprint density at radius 2 is 0.932 bits per heavy atom. The van der Waals surface area contributed by atoms with Crippen molar-refractivity contribution in [1.82, 2.24) is 0 Å². The molecule has 1 aliphatic carbocycles. The molecule has 2 rings (SSSR count). The van der Waals surface area contributed by atoms with E-state index in [0.29, 0.717) is 19.3 Å². The second-order valence-corrected chi connectivity index (χ2v) is 15.4. The highest BCUT2D eigenvalue weighted by molar-refractivity contribution is 8.33. The number of carbonyl (C=O) groups is 1. The summed E-state index contributed by atoms with van der Waals surface area (Å²) >= 11 is 0. The van der Waals surface area contributed by atoms with Crippen LogP contribution >= 0.6 is 10.3 Å². The van der Waals surface area contributed by atoms with Crippen molar-refractivity contribution < 1.29 is 91.5 Å². The normalized spacial score (nSPS) is 21.7. The van der Waals surface area contributed by atoms with E-state index in [0.717, 1.165) is 0 Å². The second kappa shape index (κ2) is 11.8. The Hall–Kier alpha value is -1.26. The van der Waals surface area contributed by atoms with Gasteiger partial charge in [0.2, 0.25) is 0 Å². The Kier molecular flexibility index (Phi) is 10.4. The molecule has 1 aliphatic heterocycles. The number of alkyl halides is 17. The largest absolute Gasteiger partial charge is 0.460 e. The molecule has 1 saturated carbocycles. The minimum Gasteiger partial charge on any atom is -0.298 e. The zero-order chi connectivity index (χ0) is 34.6. The summed E-state index contributed by atoms with van der Waals surface area (Å²) in [4.78, 5) is 12.7. The summed E-state index contributed by atoms with van der Waals surface area (Å²) < 4.78 is 260. The lowest BCUT2D eigenvalue weighted by atomic mass is 9.87. The van der Waals surface area contributed by atoms with Gasteiger partial charge in [0.1, 0.15) is 5.78 Å². The van der Waals surface area contributed by atoms with Crippen molar-refractivity contribution in [3.05, 3.63) is 0 Å². The van der Waals surface area contributed by atoms with Gasteiger partial charge in [-0.3, -0.25) is 4.79 Å². The molecule has 2 fully saturated rings. The number of halogens is 17. The number of ketones is 1. The van der Waals surface area contributed by atoms with Gasteiger partial charge in [0.15, 0.2) is 0 Å². The molecule has 0 radical (unpaired) electrons. The zero-order valence-corrected chi connectivity index (χ0v) is 23.4. The van der Waals surface area contributed by atoms with Crippen LogP contribution < -0.4 is 0 Å². The molecule has 0 unspecified atom stereocenters. The van der Waals surface area contributed by atoms with Gasteiger partial charge in [0.25, 0.3) is 0 Å². The summed E-state index contributed by atoms with van der Waals surface area (Å²) in [7, 11) is -11.5. The Morgan fingerprint density at radius 3 is 1.34 bits per heavy atom. The molecule has 0 N–H and O–H groups in total. The van der Waals surface area contributed by atoms with Crippen molar-refractivity contribution in [2.24, 2.45) is 5.92 Å². The molecule has 2 aliphatic rings. The number of hydrogen-bond acceptors (Lipinski definition) is 4. The molecule has 0 bridgehead atoms. The molecule has 4 nitrogen and oxygen atoms in total. The highest BCUT2D eigenvalue weighted by Gasteiger charge is 2.96. The maximum absolute atomic E-state index is 14.6. The second-order valence-electron chi connectivity index (χ2n) is 10.4. The van der Waals surface area contributed by atoms with Crippen molar-refractivity contribution in [2.75, 3.05) is 17.3 Å². The first kappa shape index (κ1) is 38.9. The fourth-order valence-electron chi connectivity index (χ4n) is 4.59. The number of hydrogen-bond donors (Lipinski definition) is 0. The molecule has 0 aromatic heterocycles. The van der Waals surface area contributed by atoms with Gasteiger partial charge in [-0.2, -0.15) is 83.1 Å². The lowest BCUT2D eigenvalue weighted by Crippen LogP contribution is -2.75. The maximum Gasteiger partial charge on any atom is 0.460 e. The van der Waals surface area contributed by atoms with E-state index in [-0.39, 0.29) is 32.1 Å². The highest BCUT2D eigenvalue weighted by atomic mass is 32.3. The van der Waals surface area contributed by atoms with E-state index in [4.69, 9.17) is 0 Å². The highest BCUT2D eigenvalue weighted by Crippen LogP contribution is 2.65. The van der Waals surface area contributed by atoms with Crippen LogP contribution in [-0.4, -0.2) is 78.4 Å². The molecule has 0 atom stereocenters. The van der Waals surface area contributed by atoms with Gasteiger partial charge >= 0.3 is 57.1 Å². The SMILES string of the molecule is O=C(CS1(OS(=O)(=O)C(F)(F)C(F)(F)C(F)(F)C(F)(F)C(F)(F)C(F)(F)C(F)(F)C(F)(F)F)CCCCC1)C1CCCCC1. The van der Waals surface area contributed by atoms with Crippen molar-refractivity contribution in [1.29, 1.82) is 0 Å². The summed E-state index contributed by atoms with van der Waals surface area (Å²) in [5.74, 6) is -55.8. The van der Waals surface area contributed by atoms with Crippen molar-refractivity contribution in [3.63, 3.8) is 0 Å². The van der Waals surface area contributed by atoms with Gasteiger partial charge < -0.3 is 0 Å². The van der Waals surface area contributed by atoms with E-state index in [2.05, 4.69) is 3.63 Å². The third-order valence-corrected chi connectivity index (χ3v) is 12.9. The maximum atomic E-state index is 14.6. The van der Waals surface area contributed by atoms with Crippen molar-refractivity contribution >= 4 is 26.2 Å². The molecule has 0 amide bonds. The van der Waals surface area contributed by atoms with Crippen LogP contribution in [0.4, 0.5) is 74.6 Å². The number of carbonyl (C=O) groups excluding carboxylic acids is 1. The summed E-state index contributed by atoms with van der Waals surface area (Å²) in [6.45, 7) is 0. The van der Waals surface area contributed by atoms with Crippen molar-refractivity contribution in [3.8, 4) is 0 Å². The van der Waals surface area contributed by atoms with Gasteiger partial charge in [0, 0.05) is 17.4 Å². The Bertz CT molecular complexity index is 1160. The van der Waals surface area contributed by atoms with Crippen LogP contribution in [-0.2, 0) is 18.5 Å². The Balaban J connectivity index is 2.55. The molecule has 262 valence electrons. The predicted molar refractivity (Wildman–Crippen MR) is 118 cm³/mol. The molecule has 0 aromatic rings. The van der Waals surface area contributed by atoms with Crippen LogP contribution in [0.15, 0.2) is 0 Å². The van der Waals surface area contributed by atoms with Crippen LogP contribution in [0.1, 0.15) is 51.4 Å². The molecule has 44 heavy (non-hydrogen) atoms. The average molecular weight is 727 g/mol. The lowest BCUT2D eigenvalue weighted by molar-refractivity contribution is -0.458. The third kappa shape index (κ3) is 5.98. The summed E-state index contributed by atoms with van der Waals surface area (Å²) in [5, 5.41) is -7.74. The first-order valence-corrected chi connectivity index (χ1v) is 15.8. The average Bonchev–Trinajstić information content (AvgIpc) is 2.87. The van der Waals surface area contributed by atoms with E-state index in [1.54, 1.807) is 0 Å². The molecule has 1 heterocycles. The number of Topliss-reactive ketones (excluding diaryl/α,β-unsaturated/α-hetero) is 1. The van der Waals surface area contributed by atoms with Crippen LogP contribution in [0.25, 0.3) is 0 Å². The molecular weight excluding hydrogens is 703 g/mol. The van der Waals surface area contributed by atoms with Crippen LogP contribution in [0.5, 0.6) is 0 Å². The third-order valence-electron chi connectivity index (χ3n) is 7.24. The first-order valence-electron chi connectivity index (χ1n) is 12.4. The van der Waals surface area contributed by atoms with Gasteiger partial charge in [-0.15, -0.1) is 10.3 Å². The molecule has 23 heteroatoms. The quantitative estimate of drug-likeness (QED) is 0.190. The first-order chi connectivity index (χ1) is 19.4. The Labute approximate surface area is 239 Å². The zero-order valence-electron chi connectivity index (χ0n) is 21.7. The Morgan fingerprint density at radius 1 is 0.568 bits per heavy atom. The molecule has 1 saturated heterocycles. The summed E-state index contributed by atoms with van der Waals surface area (Å²) in [6.07, 6.45) is -5.70. The number of rotatable bonds is 12. The predicted octanol–water partition coefficient (Wildman–Crippen LogP) is 8.35. The monoisotopic (exact) mass is 726 g/mol. The van der Waals surface area contributed by atoms with Crippen LogP contribution in [0.3, 0.4) is 0 Å². The van der Waals surface area contributed by atoms with E-state index >= 15 is 0 Å². The van der Waals surface area contributed by atoms with E-state index in [1.807, 2.05) is 0 Å². The van der Waals surface area contributed by atoms with Crippen molar-refractivity contribution in [2.45, 2.75) is 98.3 Å². The van der Waals surface area contributed by atoms with E-state index in [9.17, 15) is 87.8 Å². The summed E-state index contributed by atoms with van der Waals surface area (Å²) in [5.41, 5.74) is 0. The molecular formula is C21H23F17O4S2.